The molecular weight excluding hydrogens is 372 g/mol. The first-order valence-electron chi connectivity index (χ1n) is 11.0. The highest BCUT2D eigenvalue weighted by molar-refractivity contribution is 6.00. The zero-order chi connectivity index (χ0) is 20.9. The van der Waals surface area contributed by atoms with E-state index in [0.717, 1.165) is 23.6 Å². The summed E-state index contributed by atoms with van der Waals surface area (Å²) in [4.78, 5) is 18.1. The van der Waals surface area contributed by atoms with Crippen LogP contribution < -0.4 is 0 Å². The minimum atomic E-state index is 0.0534. The molecule has 0 unspecified atom stereocenters. The fourth-order valence-corrected chi connectivity index (χ4v) is 4.91. The fourth-order valence-electron chi connectivity index (χ4n) is 4.91. The van der Waals surface area contributed by atoms with Gasteiger partial charge in [0.05, 0.1) is 5.56 Å². The lowest BCUT2D eigenvalue weighted by molar-refractivity contribution is 0.112. The normalized spacial score (nSPS) is 20.1. The summed E-state index contributed by atoms with van der Waals surface area (Å²) < 4.78 is 0. The summed E-state index contributed by atoms with van der Waals surface area (Å²) in [6.07, 6.45) is 11.8. The van der Waals surface area contributed by atoms with Crippen molar-refractivity contribution in [3.63, 3.8) is 0 Å². The predicted octanol–water partition coefficient (Wildman–Crippen LogP) is 5.69. The van der Waals surface area contributed by atoms with Crippen LogP contribution in [0.25, 0.3) is 10.8 Å². The number of hydrogen-bond acceptors (Lipinski definition) is 4. The van der Waals surface area contributed by atoms with Crippen LogP contribution in [0.2, 0.25) is 0 Å². The molecule has 156 valence electrons. The summed E-state index contributed by atoms with van der Waals surface area (Å²) in [6.45, 7) is 0.957. The molecule has 1 saturated carbocycles. The van der Waals surface area contributed by atoms with E-state index in [1.807, 2.05) is 30.6 Å². The minimum absolute atomic E-state index is 0.0534. The van der Waals surface area contributed by atoms with Gasteiger partial charge in [-0.05, 0) is 72.7 Å². The van der Waals surface area contributed by atoms with Gasteiger partial charge in [-0.1, -0.05) is 43.2 Å². The third-order valence-corrected chi connectivity index (χ3v) is 6.61. The van der Waals surface area contributed by atoms with E-state index in [9.17, 15) is 9.90 Å². The van der Waals surface area contributed by atoms with Crippen molar-refractivity contribution >= 4 is 17.1 Å². The van der Waals surface area contributed by atoms with Gasteiger partial charge in [0.1, 0.15) is 5.75 Å². The van der Waals surface area contributed by atoms with Gasteiger partial charge in [-0.3, -0.25) is 14.7 Å². The van der Waals surface area contributed by atoms with E-state index in [1.165, 1.54) is 49.7 Å². The summed E-state index contributed by atoms with van der Waals surface area (Å²) >= 11 is 0. The molecule has 0 spiro atoms. The van der Waals surface area contributed by atoms with Crippen molar-refractivity contribution < 1.29 is 9.90 Å². The number of carbonyl (C=O) groups is 1. The smallest absolute Gasteiger partial charge is 0.154 e. The molecule has 0 saturated heterocycles. The van der Waals surface area contributed by atoms with E-state index in [1.54, 1.807) is 6.07 Å². The number of phenols is 1. The topological polar surface area (TPSA) is 53.4 Å². The van der Waals surface area contributed by atoms with Crippen LogP contribution in [0.4, 0.5) is 0 Å². The quantitative estimate of drug-likeness (QED) is 0.557. The van der Waals surface area contributed by atoms with E-state index in [0.29, 0.717) is 17.5 Å². The van der Waals surface area contributed by atoms with Crippen LogP contribution in [-0.4, -0.2) is 34.4 Å². The summed E-state index contributed by atoms with van der Waals surface area (Å²) in [7, 11) is 2.24. The van der Waals surface area contributed by atoms with Crippen molar-refractivity contribution in [2.24, 2.45) is 0 Å². The highest BCUT2D eigenvalue weighted by atomic mass is 16.3. The first kappa shape index (κ1) is 20.5. The van der Waals surface area contributed by atoms with E-state index in [-0.39, 0.29) is 5.75 Å². The monoisotopic (exact) mass is 402 g/mol. The van der Waals surface area contributed by atoms with Crippen LogP contribution in [0.5, 0.6) is 5.75 Å². The number of aromatic hydroxyl groups is 1. The van der Waals surface area contributed by atoms with Gasteiger partial charge in [-0.2, -0.15) is 0 Å². The van der Waals surface area contributed by atoms with Gasteiger partial charge in [0, 0.05) is 25.0 Å². The van der Waals surface area contributed by atoms with Gasteiger partial charge < -0.3 is 5.11 Å². The van der Waals surface area contributed by atoms with E-state index in [2.05, 4.69) is 35.1 Å². The number of phenolic OH excluding ortho intramolecular Hbond substituents is 1. The highest BCUT2D eigenvalue weighted by Gasteiger charge is 2.21. The van der Waals surface area contributed by atoms with Crippen LogP contribution in [0.15, 0.2) is 54.9 Å². The maximum Gasteiger partial charge on any atom is 0.154 e. The molecule has 1 fully saturated rings. The zero-order valence-electron chi connectivity index (χ0n) is 17.6. The average molecular weight is 403 g/mol. The van der Waals surface area contributed by atoms with Crippen LogP contribution >= 0.6 is 0 Å². The van der Waals surface area contributed by atoms with Crippen LogP contribution in [0.1, 0.15) is 65.9 Å². The summed E-state index contributed by atoms with van der Waals surface area (Å²) in [6, 6.07) is 14.7. The lowest BCUT2D eigenvalue weighted by Crippen LogP contribution is -2.32. The molecule has 2 aromatic carbocycles. The molecule has 0 aliphatic heterocycles. The van der Waals surface area contributed by atoms with Crippen molar-refractivity contribution in [2.75, 3.05) is 7.05 Å². The first-order valence-corrected chi connectivity index (χ1v) is 11.0. The second-order valence-corrected chi connectivity index (χ2v) is 8.59. The maximum atomic E-state index is 11.3. The number of aldehydes is 1. The van der Waals surface area contributed by atoms with E-state index < -0.39 is 0 Å². The number of benzene rings is 2. The number of carbonyl (C=O) groups excluding carboxylic acids is 1. The third-order valence-electron chi connectivity index (χ3n) is 6.61. The molecule has 0 bridgehead atoms. The fraction of sp³-hybridized carbons (Fsp3) is 0.385. The Kier molecular flexibility index (Phi) is 6.44. The molecule has 0 atom stereocenters. The first-order chi connectivity index (χ1) is 14.7. The molecule has 0 amide bonds. The lowest BCUT2D eigenvalue weighted by atomic mass is 9.83. The lowest BCUT2D eigenvalue weighted by Gasteiger charge is -2.31. The van der Waals surface area contributed by atoms with Crippen molar-refractivity contribution in [1.82, 2.24) is 9.88 Å². The van der Waals surface area contributed by atoms with Crippen molar-refractivity contribution in [3.8, 4) is 5.75 Å². The van der Waals surface area contributed by atoms with Crippen LogP contribution in [0, 0.1) is 0 Å². The minimum Gasteiger partial charge on any atom is -0.507 e. The number of aromatic nitrogens is 1. The molecule has 4 heteroatoms. The van der Waals surface area contributed by atoms with Gasteiger partial charge in [-0.15, -0.1) is 0 Å². The van der Waals surface area contributed by atoms with E-state index in [4.69, 9.17) is 0 Å². The van der Waals surface area contributed by atoms with Crippen LogP contribution in [0.3, 0.4) is 0 Å². The number of pyridine rings is 1. The Labute approximate surface area is 178 Å². The molecule has 0 radical (unpaired) electrons. The Morgan fingerprint density at radius 2 is 1.90 bits per heavy atom. The van der Waals surface area contributed by atoms with Crippen molar-refractivity contribution in [3.05, 3.63) is 71.5 Å². The van der Waals surface area contributed by atoms with Gasteiger partial charge in [0.15, 0.2) is 6.29 Å². The molecular formula is C26H30N2O2. The molecule has 1 aromatic heterocycles. The molecule has 1 aliphatic carbocycles. The van der Waals surface area contributed by atoms with E-state index >= 15 is 0 Å². The molecule has 4 nitrogen and oxygen atoms in total. The SMILES string of the molecule is CN(Cc1cccnc1)C1CCCC(c2ccc3c(C=O)c(O)ccc3c2)CCC1. The summed E-state index contributed by atoms with van der Waals surface area (Å²) in [5.74, 6) is 0.616. The summed E-state index contributed by atoms with van der Waals surface area (Å²) in [5, 5.41) is 11.8. The Balaban J connectivity index is 1.41. The van der Waals surface area contributed by atoms with Crippen LogP contribution in [-0.2, 0) is 6.54 Å². The molecule has 1 heterocycles. The number of rotatable bonds is 5. The largest absolute Gasteiger partial charge is 0.507 e. The standard InChI is InChI=1S/C26H30N2O2/c1-28(17-19-5-4-14-27-16-19)23-8-2-6-20(7-3-9-23)21-10-12-24-22(15-21)11-13-26(30)25(24)18-29/h4-5,10-16,18,20,23,30H,2-3,6-9,17H2,1H3. The molecule has 1 aliphatic rings. The van der Waals surface area contributed by atoms with Gasteiger partial charge in [0.2, 0.25) is 0 Å². The van der Waals surface area contributed by atoms with Crippen molar-refractivity contribution in [2.45, 2.75) is 57.0 Å². The third kappa shape index (κ3) is 4.54. The summed E-state index contributed by atoms with van der Waals surface area (Å²) in [5.41, 5.74) is 3.01. The second kappa shape index (κ2) is 9.40. The Morgan fingerprint density at radius 1 is 1.10 bits per heavy atom. The second-order valence-electron chi connectivity index (χ2n) is 8.59. The molecule has 4 rings (SSSR count). The zero-order valence-corrected chi connectivity index (χ0v) is 17.6. The number of fused-ring (bicyclic) bond motifs is 1. The molecule has 3 aromatic rings. The Bertz CT molecular complexity index is 993. The maximum absolute atomic E-state index is 11.3. The van der Waals surface area contributed by atoms with Crippen molar-refractivity contribution in [1.29, 1.82) is 0 Å². The molecule has 1 N–H and O–H groups in total. The number of hydrogen-bond donors (Lipinski definition) is 1. The predicted molar refractivity (Wildman–Crippen MR) is 121 cm³/mol. The Morgan fingerprint density at radius 3 is 2.60 bits per heavy atom. The molecule has 30 heavy (non-hydrogen) atoms. The highest BCUT2D eigenvalue weighted by Crippen LogP contribution is 2.35. The Hall–Kier alpha value is -2.72. The van der Waals surface area contributed by atoms with Gasteiger partial charge >= 0.3 is 0 Å². The van der Waals surface area contributed by atoms with Gasteiger partial charge in [-0.25, -0.2) is 0 Å². The number of nitrogens with zero attached hydrogens (tertiary/aromatic N) is 2. The average Bonchev–Trinajstić information content (AvgIpc) is 2.74. The van der Waals surface area contributed by atoms with Gasteiger partial charge in [0.25, 0.3) is 0 Å².